The minimum Gasteiger partial charge on any atom is -0.385 e. The Hall–Kier alpha value is -2.00. The first kappa shape index (κ1) is 15.4. The number of carbonyl (C=O) groups excluding carboxylic acids is 1. The smallest absolute Gasteiger partial charge is 0.257 e. The molecule has 0 spiro atoms. The number of anilines is 2. The SMILES string of the molecule is CCNc1ccc(Cl)cc1C(=O)Nc1ccc(CC)cc1. The summed E-state index contributed by atoms with van der Waals surface area (Å²) in [5.74, 6) is -0.169. The molecule has 2 aromatic carbocycles. The molecule has 1 amide bonds. The second-order valence-corrected chi connectivity index (χ2v) is 5.16. The summed E-state index contributed by atoms with van der Waals surface area (Å²) in [7, 11) is 0. The molecule has 2 N–H and O–H groups in total. The molecule has 0 saturated heterocycles. The third-order valence-corrected chi connectivity index (χ3v) is 3.45. The van der Waals surface area contributed by atoms with Crippen LogP contribution in [-0.4, -0.2) is 12.5 Å². The Morgan fingerprint density at radius 3 is 2.43 bits per heavy atom. The zero-order chi connectivity index (χ0) is 15.2. The Morgan fingerprint density at radius 2 is 1.81 bits per heavy atom. The van der Waals surface area contributed by atoms with Gasteiger partial charge in [-0.2, -0.15) is 0 Å². The summed E-state index contributed by atoms with van der Waals surface area (Å²) in [5.41, 5.74) is 3.34. The Kier molecular flexibility index (Phi) is 5.23. The summed E-state index contributed by atoms with van der Waals surface area (Å²) in [6.45, 7) is 4.83. The van der Waals surface area contributed by atoms with E-state index in [0.29, 0.717) is 10.6 Å². The Morgan fingerprint density at radius 1 is 1.10 bits per heavy atom. The van der Waals surface area contributed by atoms with Crippen LogP contribution in [0.2, 0.25) is 5.02 Å². The van der Waals surface area contributed by atoms with Gasteiger partial charge in [0.15, 0.2) is 0 Å². The Bertz CT molecular complexity index is 623. The molecule has 0 aliphatic rings. The van der Waals surface area contributed by atoms with Crippen LogP contribution in [0, 0.1) is 0 Å². The third-order valence-electron chi connectivity index (χ3n) is 3.21. The molecule has 0 aromatic heterocycles. The van der Waals surface area contributed by atoms with Crippen LogP contribution >= 0.6 is 11.6 Å². The Labute approximate surface area is 130 Å². The fourth-order valence-corrected chi connectivity index (χ4v) is 2.24. The van der Waals surface area contributed by atoms with Crippen molar-refractivity contribution in [3.8, 4) is 0 Å². The van der Waals surface area contributed by atoms with Gasteiger partial charge in [0.2, 0.25) is 0 Å². The van der Waals surface area contributed by atoms with E-state index in [2.05, 4.69) is 17.6 Å². The first-order chi connectivity index (χ1) is 10.1. The molecule has 2 aromatic rings. The van der Waals surface area contributed by atoms with Crippen molar-refractivity contribution in [2.45, 2.75) is 20.3 Å². The molecular formula is C17H19ClN2O. The molecule has 110 valence electrons. The molecule has 0 bridgehead atoms. The molecule has 0 heterocycles. The van der Waals surface area contributed by atoms with Crippen molar-refractivity contribution in [2.24, 2.45) is 0 Å². The quantitative estimate of drug-likeness (QED) is 0.848. The predicted molar refractivity (Wildman–Crippen MR) is 89.4 cm³/mol. The highest BCUT2D eigenvalue weighted by Crippen LogP contribution is 2.22. The van der Waals surface area contributed by atoms with Gasteiger partial charge in [-0.05, 0) is 49.2 Å². The molecule has 0 aliphatic heterocycles. The molecule has 0 saturated carbocycles. The van der Waals surface area contributed by atoms with Crippen molar-refractivity contribution in [1.29, 1.82) is 0 Å². The van der Waals surface area contributed by atoms with Gasteiger partial charge in [-0.3, -0.25) is 4.79 Å². The van der Waals surface area contributed by atoms with Gasteiger partial charge >= 0.3 is 0 Å². The normalized spacial score (nSPS) is 10.2. The maximum Gasteiger partial charge on any atom is 0.257 e. The lowest BCUT2D eigenvalue weighted by atomic mass is 10.1. The lowest BCUT2D eigenvalue weighted by Gasteiger charge is -2.12. The number of aryl methyl sites for hydroxylation is 1. The predicted octanol–water partition coefficient (Wildman–Crippen LogP) is 4.59. The van der Waals surface area contributed by atoms with Gasteiger partial charge in [-0.1, -0.05) is 30.7 Å². The fourth-order valence-electron chi connectivity index (χ4n) is 2.07. The van der Waals surface area contributed by atoms with Gasteiger partial charge in [-0.15, -0.1) is 0 Å². The number of rotatable bonds is 5. The van der Waals surface area contributed by atoms with E-state index < -0.39 is 0 Å². The minimum atomic E-state index is -0.169. The second kappa shape index (κ2) is 7.14. The average molecular weight is 303 g/mol. The number of nitrogens with one attached hydrogen (secondary N) is 2. The molecule has 0 aliphatic carbocycles. The van der Waals surface area contributed by atoms with E-state index in [0.717, 1.165) is 24.3 Å². The summed E-state index contributed by atoms with van der Waals surface area (Å²) >= 11 is 6.00. The van der Waals surface area contributed by atoms with E-state index in [1.165, 1.54) is 5.56 Å². The number of halogens is 1. The molecule has 4 heteroatoms. The van der Waals surface area contributed by atoms with E-state index in [-0.39, 0.29) is 5.91 Å². The first-order valence-corrected chi connectivity index (χ1v) is 7.45. The first-order valence-electron chi connectivity index (χ1n) is 7.07. The summed E-state index contributed by atoms with van der Waals surface area (Å²) in [5, 5.41) is 6.61. The highest BCUT2D eigenvalue weighted by molar-refractivity contribution is 6.31. The lowest BCUT2D eigenvalue weighted by molar-refractivity contribution is 0.102. The summed E-state index contributed by atoms with van der Waals surface area (Å²) in [4.78, 5) is 12.4. The fraction of sp³-hybridized carbons (Fsp3) is 0.235. The van der Waals surface area contributed by atoms with Crippen molar-refractivity contribution < 1.29 is 4.79 Å². The van der Waals surface area contributed by atoms with Crippen LogP contribution in [0.25, 0.3) is 0 Å². The van der Waals surface area contributed by atoms with Crippen LogP contribution in [0.3, 0.4) is 0 Å². The zero-order valence-electron chi connectivity index (χ0n) is 12.2. The van der Waals surface area contributed by atoms with Crippen molar-refractivity contribution in [3.63, 3.8) is 0 Å². The van der Waals surface area contributed by atoms with Crippen LogP contribution < -0.4 is 10.6 Å². The van der Waals surface area contributed by atoms with Crippen LogP contribution in [-0.2, 0) is 6.42 Å². The van der Waals surface area contributed by atoms with Gasteiger partial charge in [-0.25, -0.2) is 0 Å². The topological polar surface area (TPSA) is 41.1 Å². The Balaban J connectivity index is 2.20. The van der Waals surface area contributed by atoms with Crippen LogP contribution in [0.1, 0.15) is 29.8 Å². The number of benzene rings is 2. The van der Waals surface area contributed by atoms with Crippen molar-refractivity contribution in [3.05, 3.63) is 58.6 Å². The number of amides is 1. The maximum atomic E-state index is 12.4. The highest BCUT2D eigenvalue weighted by Gasteiger charge is 2.12. The van der Waals surface area contributed by atoms with Gasteiger partial charge in [0.1, 0.15) is 0 Å². The maximum absolute atomic E-state index is 12.4. The largest absolute Gasteiger partial charge is 0.385 e. The van der Waals surface area contributed by atoms with Gasteiger partial charge in [0.25, 0.3) is 5.91 Å². The minimum absolute atomic E-state index is 0.169. The van der Waals surface area contributed by atoms with Crippen LogP contribution in [0.15, 0.2) is 42.5 Å². The van der Waals surface area contributed by atoms with E-state index in [1.807, 2.05) is 37.3 Å². The average Bonchev–Trinajstić information content (AvgIpc) is 2.50. The second-order valence-electron chi connectivity index (χ2n) is 4.72. The molecule has 21 heavy (non-hydrogen) atoms. The van der Waals surface area contributed by atoms with E-state index in [1.54, 1.807) is 12.1 Å². The summed E-state index contributed by atoms with van der Waals surface area (Å²) < 4.78 is 0. The van der Waals surface area contributed by atoms with Gasteiger partial charge < -0.3 is 10.6 Å². The standard InChI is InChI=1S/C17H19ClN2O/c1-3-12-5-8-14(9-6-12)20-17(21)15-11-13(18)7-10-16(15)19-4-2/h5-11,19H,3-4H2,1-2H3,(H,20,21). The molecule has 0 atom stereocenters. The molecule has 2 rings (SSSR count). The van der Waals surface area contributed by atoms with Crippen LogP contribution in [0.4, 0.5) is 11.4 Å². The monoisotopic (exact) mass is 302 g/mol. The van der Waals surface area contributed by atoms with E-state index in [9.17, 15) is 4.79 Å². The van der Waals surface area contributed by atoms with E-state index >= 15 is 0 Å². The summed E-state index contributed by atoms with van der Waals surface area (Å²) in [6.07, 6.45) is 0.979. The third kappa shape index (κ3) is 3.99. The molecule has 0 unspecified atom stereocenters. The molecule has 3 nitrogen and oxygen atoms in total. The molecular weight excluding hydrogens is 284 g/mol. The summed E-state index contributed by atoms with van der Waals surface area (Å²) in [6, 6.07) is 13.1. The van der Waals surface area contributed by atoms with Crippen molar-refractivity contribution in [2.75, 3.05) is 17.2 Å². The molecule has 0 radical (unpaired) electrons. The van der Waals surface area contributed by atoms with Gasteiger partial charge in [0.05, 0.1) is 5.56 Å². The number of hydrogen-bond donors (Lipinski definition) is 2. The van der Waals surface area contributed by atoms with Crippen molar-refractivity contribution in [1.82, 2.24) is 0 Å². The zero-order valence-corrected chi connectivity index (χ0v) is 13.0. The van der Waals surface area contributed by atoms with Crippen molar-refractivity contribution >= 4 is 28.9 Å². The van der Waals surface area contributed by atoms with Gasteiger partial charge in [0, 0.05) is 22.9 Å². The number of carbonyl (C=O) groups is 1. The van der Waals surface area contributed by atoms with Crippen LogP contribution in [0.5, 0.6) is 0 Å². The molecule has 0 fully saturated rings. The highest BCUT2D eigenvalue weighted by atomic mass is 35.5. The van der Waals surface area contributed by atoms with E-state index in [4.69, 9.17) is 11.6 Å². The lowest BCUT2D eigenvalue weighted by Crippen LogP contribution is -2.14. The number of hydrogen-bond acceptors (Lipinski definition) is 2.